The second-order valence-corrected chi connectivity index (χ2v) is 7.10. The zero-order valence-corrected chi connectivity index (χ0v) is 15.3. The quantitative estimate of drug-likeness (QED) is 0.871. The number of nitrogens with zero attached hydrogens (tertiary/aromatic N) is 2. The van der Waals surface area contributed by atoms with Gasteiger partial charge in [-0.2, -0.15) is 5.10 Å². The Hall–Kier alpha value is -1.76. The molecule has 0 spiro atoms. The Morgan fingerprint density at radius 2 is 2.08 bits per heavy atom. The normalized spacial score (nSPS) is 22.6. The highest BCUT2D eigenvalue weighted by Gasteiger charge is 2.32. The van der Waals surface area contributed by atoms with Gasteiger partial charge in [0.25, 0.3) is 0 Å². The van der Waals surface area contributed by atoms with Gasteiger partial charge in [0.15, 0.2) is 11.5 Å². The van der Waals surface area contributed by atoms with Crippen molar-refractivity contribution in [3.05, 3.63) is 30.0 Å². The summed E-state index contributed by atoms with van der Waals surface area (Å²) < 4.78 is 11.3. The van der Waals surface area contributed by atoms with Crippen LogP contribution in [-0.4, -0.2) is 47.9 Å². The molecule has 0 aliphatic carbocycles. The van der Waals surface area contributed by atoms with Crippen molar-refractivity contribution in [2.75, 3.05) is 32.8 Å². The maximum absolute atomic E-state index is 5.92. The molecule has 7 heteroatoms. The van der Waals surface area contributed by atoms with Crippen LogP contribution in [-0.2, 0) is 6.54 Å². The molecule has 0 bridgehead atoms. The van der Waals surface area contributed by atoms with Crippen LogP contribution in [0.1, 0.15) is 18.9 Å². The molecule has 0 radical (unpaired) electrons. The van der Waals surface area contributed by atoms with E-state index >= 15 is 0 Å². The summed E-state index contributed by atoms with van der Waals surface area (Å²) in [5, 5.41) is 7.40. The summed E-state index contributed by atoms with van der Waals surface area (Å²) in [6.45, 7) is 7.22. The Kier molecular flexibility index (Phi) is 5.22. The Labute approximate surface area is 154 Å². The Balaban J connectivity index is 0.00000182. The standard InChI is InChI=1S/C18H24N4O2.ClH/c1-18(11-19)4-5-22(12-18)10-14-9-20-21-17(14)13-2-3-15-16(8-13)24-7-6-23-15;/h2-3,8-9H,4-7,10-12,19H2,1H3,(H,20,21);1H. The molecule has 1 unspecified atom stereocenters. The molecule has 1 atom stereocenters. The summed E-state index contributed by atoms with van der Waals surface area (Å²) in [5.41, 5.74) is 9.48. The number of benzene rings is 1. The third-order valence-corrected chi connectivity index (χ3v) is 5.07. The molecular weight excluding hydrogens is 340 g/mol. The van der Waals surface area contributed by atoms with Crippen molar-refractivity contribution in [3.8, 4) is 22.8 Å². The number of nitrogens with two attached hydrogens (primary N) is 1. The maximum Gasteiger partial charge on any atom is 0.162 e. The van der Waals surface area contributed by atoms with Crippen molar-refractivity contribution < 1.29 is 9.47 Å². The minimum atomic E-state index is 0. The molecular formula is C18H25ClN4O2. The zero-order chi connectivity index (χ0) is 16.6. The topological polar surface area (TPSA) is 76.4 Å². The van der Waals surface area contributed by atoms with Crippen LogP contribution >= 0.6 is 12.4 Å². The van der Waals surface area contributed by atoms with Gasteiger partial charge in [-0.25, -0.2) is 0 Å². The van der Waals surface area contributed by atoms with E-state index < -0.39 is 0 Å². The third kappa shape index (κ3) is 3.61. The fraction of sp³-hybridized carbons (Fsp3) is 0.500. The summed E-state index contributed by atoms with van der Waals surface area (Å²) >= 11 is 0. The van der Waals surface area contributed by atoms with Crippen LogP contribution in [0.4, 0.5) is 0 Å². The number of hydrogen-bond acceptors (Lipinski definition) is 5. The first kappa shape index (κ1) is 18.0. The number of aromatic nitrogens is 2. The van der Waals surface area contributed by atoms with E-state index in [1.165, 1.54) is 5.56 Å². The monoisotopic (exact) mass is 364 g/mol. The van der Waals surface area contributed by atoms with Gasteiger partial charge in [0.2, 0.25) is 0 Å². The molecule has 136 valence electrons. The van der Waals surface area contributed by atoms with Gasteiger partial charge in [-0.15, -0.1) is 12.4 Å². The van der Waals surface area contributed by atoms with Gasteiger partial charge < -0.3 is 15.2 Å². The van der Waals surface area contributed by atoms with Gasteiger partial charge in [0.1, 0.15) is 13.2 Å². The van der Waals surface area contributed by atoms with Gasteiger partial charge >= 0.3 is 0 Å². The van der Waals surface area contributed by atoms with Crippen molar-refractivity contribution in [1.29, 1.82) is 0 Å². The average Bonchev–Trinajstić information content (AvgIpc) is 3.22. The van der Waals surface area contributed by atoms with Gasteiger partial charge in [-0.05, 0) is 43.1 Å². The molecule has 2 aromatic rings. The molecule has 0 amide bonds. The zero-order valence-electron chi connectivity index (χ0n) is 14.5. The molecule has 1 aromatic heterocycles. The Morgan fingerprint density at radius 3 is 2.84 bits per heavy atom. The van der Waals surface area contributed by atoms with Crippen LogP contribution in [0.3, 0.4) is 0 Å². The van der Waals surface area contributed by atoms with Crippen molar-refractivity contribution in [2.24, 2.45) is 11.1 Å². The number of aromatic amines is 1. The predicted molar refractivity (Wildman–Crippen MR) is 99.3 cm³/mol. The van der Waals surface area contributed by atoms with Crippen LogP contribution in [0.2, 0.25) is 0 Å². The van der Waals surface area contributed by atoms with E-state index in [0.29, 0.717) is 13.2 Å². The third-order valence-electron chi connectivity index (χ3n) is 5.07. The van der Waals surface area contributed by atoms with Gasteiger partial charge in [-0.1, -0.05) is 6.92 Å². The van der Waals surface area contributed by atoms with E-state index in [4.69, 9.17) is 15.2 Å². The lowest BCUT2D eigenvalue weighted by Gasteiger charge is -2.22. The molecule has 2 aliphatic heterocycles. The Morgan fingerprint density at radius 1 is 1.28 bits per heavy atom. The number of likely N-dealkylation sites (tertiary alicyclic amines) is 1. The number of halogens is 1. The largest absolute Gasteiger partial charge is 0.486 e. The van der Waals surface area contributed by atoms with Crippen LogP contribution < -0.4 is 15.2 Å². The summed E-state index contributed by atoms with van der Waals surface area (Å²) in [5.74, 6) is 1.61. The van der Waals surface area contributed by atoms with E-state index in [-0.39, 0.29) is 17.8 Å². The summed E-state index contributed by atoms with van der Waals surface area (Å²) in [6, 6.07) is 6.05. The fourth-order valence-electron chi connectivity index (χ4n) is 3.55. The SMILES string of the molecule is CC1(CN)CCN(Cc2cn[nH]c2-c2ccc3c(c2)OCCO3)C1.Cl. The van der Waals surface area contributed by atoms with Crippen molar-refractivity contribution in [1.82, 2.24) is 15.1 Å². The molecule has 3 N–H and O–H groups in total. The molecule has 6 nitrogen and oxygen atoms in total. The maximum atomic E-state index is 5.92. The van der Waals surface area contributed by atoms with Crippen molar-refractivity contribution in [3.63, 3.8) is 0 Å². The lowest BCUT2D eigenvalue weighted by molar-refractivity contribution is 0.171. The van der Waals surface area contributed by atoms with Gasteiger partial charge in [-0.3, -0.25) is 10.00 Å². The molecule has 2 aliphatic rings. The highest BCUT2D eigenvalue weighted by Crippen LogP contribution is 2.36. The Bertz CT molecular complexity index is 736. The average molecular weight is 365 g/mol. The first-order chi connectivity index (χ1) is 11.7. The second kappa shape index (κ2) is 7.23. The highest BCUT2D eigenvalue weighted by molar-refractivity contribution is 5.85. The van der Waals surface area contributed by atoms with Crippen molar-refractivity contribution >= 4 is 12.4 Å². The predicted octanol–water partition coefficient (Wildman–Crippen LogP) is 2.44. The lowest BCUT2D eigenvalue weighted by atomic mass is 9.90. The molecule has 0 saturated carbocycles. The van der Waals surface area contributed by atoms with Crippen molar-refractivity contribution in [2.45, 2.75) is 19.9 Å². The molecule has 1 aromatic carbocycles. The summed E-state index contributed by atoms with van der Waals surface area (Å²) in [7, 11) is 0. The smallest absolute Gasteiger partial charge is 0.162 e. The van der Waals surface area contributed by atoms with E-state index in [1.54, 1.807) is 0 Å². The first-order valence-corrected chi connectivity index (χ1v) is 8.52. The lowest BCUT2D eigenvalue weighted by Crippen LogP contribution is -2.31. The van der Waals surface area contributed by atoms with E-state index in [9.17, 15) is 0 Å². The molecule has 1 saturated heterocycles. The second-order valence-electron chi connectivity index (χ2n) is 7.10. The number of H-pyrrole nitrogens is 1. The van der Waals surface area contributed by atoms with Crippen LogP contribution in [0.5, 0.6) is 11.5 Å². The minimum Gasteiger partial charge on any atom is -0.486 e. The minimum absolute atomic E-state index is 0. The van der Waals surface area contributed by atoms with E-state index in [0.717, 1.165) is 55.4 Å². The first-order valence-electron chi connectivity index (χ1n) is 8.52. The van der Waals surface area contributed by atoms with E-state index in [1.807, 2.05) is 18.3 Å². The molecule has 25 heavy (non-hydrogen) atoms. The van der Waals surface area contributed by atoms with E-state index in [2.05, 4.69) is 28.1 Å². The number of hydrogen-bond donors (Lipinski definition) is 2. The fourth-order valence-corrected chi connectivity index (χ4v) is 3.55. The molecule has 3 heterocycles. The van der Waals surface area contributed by atoms with Gasteiger partial charge in [0.05, 0.1) is 11.9 Å². The van der Waals surface area contributed by atoms with Crippen LogP contribution in [0.25, 0.3) is 11.3 Å². The number of fused-ring (bicyclic) bond motifs is 1. The molecule has 4 rings (SSSR count). The number of nitrogens with one attached hydrogen (secondary N) is 1. The number of ether oxygens (including phenoxy) is 2. The summed E-state index contributed by atoms with van der Waals surface area (Å²) in [6.07, 6.45) is 3.07. The summed E-state index contributed by atoms with van der Waals surface area (Å²) in [4.78, 5) is 2.46. The van der Waals surface area contributed by atoms with Crippen LogP contribution in [0, 0.1) is 5.41 Å². The van der Waals surface area contributed by atoms with Crippen LogP contribution in [0.15, 0.2) is 24.4 Å². The molecule has 1 fully saturated rings. The highest BCUT2D eigenvalue weighted by atomic mass is 35.5. The van der Waals surface area contributed by atoms with Gasteiger partial charge in [0, 0.05) is 24.2 Å². The number of rotatable bonds is 4.